The third-order valence-corrected chi connectivity index (χ3v) is 8.48. The van der Waals surface area contributed by atoms with Crippen molar-refractivity contribution >= 4 is 29.2 Å². The standard InChI is InChI=1S/C28H35FN4O6S/c1-17-5-6-20(16-30-17)39-19-7-9-23(29)22(15-19)24(32-40(37)28(2,3)4)10-8-21-25(34)31-27(36)33(26(21)35)18-11-13-38-14-12-18/h5-7,9,15-16,18,21,24,32H,8,10-14H2,1-4H3,(H,31,34,36)/t21?,24-,40?/m1/s1. The van der Waals surface area contributed by atoms with Gasteiger partial charge in [0.15, 0.2) is 0 Å². The van der Waals surface area contributed by atoms with E-state index in [1.54, 1.807) is 39.1 Å². The minimum Gasteiger partial charge on any atom is -0.598 e. The van der Waals surface area contributed by atoms with Crippen molar-refractivity contribution in [1.82, 2.24) is 19.9 Å². The van der Waals surface area contributed by atoms with Crippen molar-refractivity contribution in [3.63, 3.8) is 0 Å². The Bertz CT molecular complexity index is 1230. The van der Waals surface area contributed by atoms with Crippen LogP contribution in [-0.2, 0) is 25.7 Å². The van der Waals surface area contributed by atoms with Crippen LogP contribution in [0.5, 0.6) is 11.5 Å². The number of urea groups is 1. The summed E-state index contributed by atoms with van der Waals surface area (Å²) >= 11 is -1.60. The molecule has 10 nitrogen and oxygen atoms in total. The number of pyridine rings is 1. The Labute approximate surface area is 236 Å². The Morgan fingerprint density at radius 1 is 1.20 bits per heavy atom. The molecule has 0 radical (unpaired) electrons. The van der Waals surface area contributed by atoms with Gasteiger partial charge in [0.1, 0.15) is 28.0 Å². The highest BCUT2D eigenvalue weighted by Gasteiger charge is 2.44. The number of aryl methyl sites for hydroxylation is 1. The normalized spacial score (nSPS) is 20.3. The molecule has 1 aromatic heterocycles. The fraction of sp³-hybridized carbons (Fsp3) is 0.500. The fourth-order valence-electron chi connectivity index (χ4n) is 4.60. The molecule has 2 N–H and O–H groups in total. The smallest absolute Gasteiger partial charge is 0.331 e. The second kappa shape index (κ2) is 12.6. The average Bonchev–Trinajstić information content (AvgIpc) is 2.90. The van der Waals surface area contributed by atoms with Crippen LogP contribution < -0.4 is 14.8 Å². The van der Waals surface area contributed by atoms with Gasteiger partial charge in [-0.25, -0.2) is 9.18 Å². The summed E-state index contributed by atoms with van der Waals surface area (Å²) in [5, 5.41) is 2.29. The molecular formula is C28H35FN4O6S. The Morgan fingerprint density at radius 2 is 1.90 bits per heavy atom. The van der Waals surface area contributed by atoms with Crippen LogP contribution in [0.25, 0.3) is 0 Å². The van der Waals surface area contributed by atoms with Crippen molar-refractivity contribution in [3.8, 4) is 11.5 Å². The summed E-state index contributed by atoms with van der Waals surface area (Å²) < 4.78 is 41.8. The van der Waals surface area contributed by atoms with Gasteiger partial charge >= 0.3 is 6.03 Å². The van der Waals surface area contributed by atoms with Gasteiger partial charge in [0.25, 0.3) is 0 Å². The quantitative estimate of drug-likeness (QED) is 0.338. The number of hydrogen-bond donors (Lipinski definition) is 2. The van der Waals surface area contributed by atoms with E-state index in [9.17, 15) is 18.9 Å². The van der Waals surface area contributed by atoms with Crippen molar-refractivity contribution in [2.75, 3.05) is 13.2 Å². The number of halogens is 1. The maximum atomic E-state index is 15.2. The molecular weight excluding hydrogens is 539 g/mol. The molecule has 4 rings (SSSR count). The lowest BCUT2D eigenvalue weighted by atomic mass is 9.92. The number of aromatic nitrogens is 1. The molecule has 2 aliphatic heterocycles. The van der Waals surface area contributed by atoms with Crippen LogP contribution in [0.3, 0.4) is 0 Å². The molecule has 3 atom stereocenters. The highest BCUT2D eigenvalue weighted by Crippen LogP contribution is 2.32. The minimum absolute atomic E-state index is 0.00306. The predicted molar refractivity (Wildman–Crippen MR) is 146 cm³/mol. The molecule has 0 aliphatic carbocycles. The number of hydrogen-bond acceptors (Lipinski definition) is 8. The lowest BCUT2D eigenvalue weighted by Gasteiger charge is -2.37. The van der Waals surface area contributed by atoms with E-state index in [-0.39, 0.29) is 24.4 Å². The van der Waals surface area contributed by atoms with Crippen LogP contribution >= 0.6 is 0 Å². The lowest BCUT2D eigenvalue weighted by molar-refractivity contribution is -0.145. The van der Waals surface area contributed by atoms with Gasteiger partial charge in [0, 0.05) is 41.9 Å². The lowest BCUT2D eigenvalue weighted by Crippen LogP contribution is -2.61. The highest BCUT2D eigenvalue weighted by atomic mass is 32.2. The molecule has 0 bridgehead atoms. The second-order valence-electron chi connectivity index (χ2n) is 10.9. The first kappa shape index (κ1) is 29.9. The van der Waals surface area contributed by atoms with E-state index < -0.39 is 51.7 Å². The van der Waals surface area contributed by atoms with Crippen LogP contribution in [0.15, 0.2) is 36.5 Å². The highest BCUT2D eigenvalue weighted by molar-refractivity contribution is 7.90. The zero-order chi connectivity index (χ0) is 29.0. The van der Waals surface area contributed by atoms with E-state index in [0.29, 0.717) is 37.6 Å². The fourth-order valence-corrected chi connectivity index (χ4v) is 5.45. The number of rotatable bonds is 9. The molecule has 40 heavy (non-hydrogen) atoms. The Hall–Kier alpha value is -3.06. The Balaban J connectivity index is 1.57. The van der Waals surface area contributed by atoms with Gasteiger partial charge in [-0.1, -0.05) is 0 Å². The van der Waals surface area contributed by atoms with Gasteiger partial charge in [-0.2, -0.15) is 0 Å². The molecule has 2 aliphatic rings. The van der Waals surface area contributed by atoms with Crippen LogP contribution in [0.4, 0.5) is 9.18 Å². The zero-order valence-corrected chi connectivity index (χ0v) is 23.9. The van der Waals surface area contributed by atoms with E-state index in [2.05, 4.69) is 15.0 Å². The summed E-state index contributed by atoms with van der Waals surface area (Å²) in [6.07, 6.45) is 2.63. The van der Waals surface area contributed by atoms with Crippen LogP contribution in [0.2, 0.25) is 0 Å². The number of benzene rings is 1. The third kappa shape index (κ3) is 7.17. The number of ether oxygens (including phenoxy) is 2. The van der Waals surface area contributed by atoms with Crippen molar-refractivity contribution in [2.24, 2.45) is 5.92 Å². The Kier molecular flexibility index (Phi) is 9.44. The summed E-state index contributed by atoms with van der Waals surface area (Å²) in [7, 11) is 0. The van der Waals surface area contributed by atoms with Gasteiger partial charge in [-0.3, -0.25) is 24.8 Å². The van der Waals surface area contributed by atoms with Gasteiger partial charge in [-0.15, -0.1) is 4.72 Å². The average molecular weight is 575 g/mol. The monoisotopic (exact) mass is 574 g/mol. The maximum absolute atomic E-state index is 15.2. The SMILES string of the molecule is Cc1ccc(Oc2ccc(F)c([C@@H](CCC3C(=O)NC(=O)N(C4CCOCC4)C3=O)N[S+]([O-])C(C)(C)C)c2)cn1. The third-order valence-electron chi connectivity index (χ3n) is 6.87. The van der Waals surface area contributed by atoms with E-state index in [0.717, 1.165) is 10.6 Å². The van der Waals surface area contributed by atoms with Crippen molar-refractivity contribution in [1.29, 1.82) is 0 Å². The van der Waals surface area contributed by atoms with Gasteiger partial charge < -0.3 is 14.0 Å². The summed E-state index contributed by atoms with van der Waals surface area (Å²) in [4.78, 5) is 43.9. The van der Waals surface area contributed by atoms with Crippen LogP contribution in [-0.4, -0.2) is 56.3 Å². The van der Waals surface area contributed by atoms with E-state index >= 15 is 4.39 Å². The number of barbiturate groups is 1. The number of nitrogens with one attached hydrogen (secondary N) is 2. The number of carbonyl (C=O) groups excluding carboxylic acids is 3. The van der Waals surface area contributed by atoms with Crippen LogP contribution in [0, 0.1) is 18.7 Å². The van der Waals surface area contributed by atoms with Gasteiger partial charge in [0.05, 0.1) is 12.2 Å². The first-order chi connectivity index (χ1) is 18.9. The predicted octanol–water partition coefficient (Wildman–Crippen LogP) is 4.07. The number of amides is 4. The zero-order valence-electron chi connectivity index (χ0n) is 23.1. The van der Waals surface area contributed by atoms with E-state index in [1.807, 2.05) is 6.92 Å². The molecule has 4 amide bonds. The first-order valence-corrected chi connectivity index (χ1v) is 14.4. The van der Waals surface area contributed by atoms with Gasteiger partial charge in [-0.05, 0) is 83.7 Å². The summed E-state index contributed by atoms with van der Waals surface area (Å²) in [6.45, 7) is 8.03. The molecule has 2 unspecified atom stereocenters. The molecule has 2 aromatic rings. The molecule has 2 saturated heterocycles. The maximum Gasteiger partial charge on any atom is 0.331 e. The summed E-state index contributed by atoms with van der Waals surface area (Å²) in [6, 6.07) is 5.86. The van der Waals surface area contributed by atoms with Crippen molar-refractivity contribution in [3.05, 3.63) is 53.6 Å². The van der Waals surface area contributed by atoms with Crippen LogP contribution in [0.1, 0.15) is 63.8 Å². The molecule has 12 heteroatoms. The molecule has 0 spiro atoms. The van der Waals surface area contributed by atoms with Crippen molar-refractivity contribution < 1.29 is 32.8 Å². The topological polar surface area (TPSA) is 133 Å². The minimum atomic E-state index is -1.60. The molecule has 2 fully saturated rings. The molecule has 1 aromatic carbocycles. The van der Waals surface area contributed by atoms with Crippen molar-refractivity contribution in [2.45, 2.75) is 70.2 Å². The number of imide groups is 2. The Morgan fingerprint density at radius 3 is 2.55 bits per heavy atom. The summed E-state index contributed by atoms with van der Waals surface area (Å²) in [5.74, 6) is -2.17. The number of carbonyl (C=O) groups is 3. The van der Waals surface area contributed by atoms with Gasteiger partial charge in [0.2, 0.25) is 11.8 Å². The molecule has 3 heterocycles. The van der Waals surface area contributed by atoms with E-state index in [1.165, 1.54) is 18.2 Å². The molecule has 0 saturated carbocycles. The second-order valence-corrected chi connectivity index (χ2v) is 12.9. The number of nitrogens with zero attached hydrogens (tertiary/aromatic N) is 2. The summed E-state index contributed by atoms with van der Waals surface area (Å²) in [5.41, 5.74) is 0.996. The molecule has 216 valence electrons. The first-order valence-electron chi connectivity index (χ1n) is 13.3. The largest absolute Gasteiger partial charge is 0.598 e. The van der Waals surface area contributed by atoms with E-state index in [4.69, 9.17) is 9.47 Å².